The maximum Gasteiger partial charge on any atom is 0.222 e. The van der Waals surface area contributed by atoms with Crippen molar-refractivity contribution < 1.29 is 4.79 Å². The molecule has 0 bridgehead atoms. The van der Waals surface area contributed by atoms with E-state index in [2.05, 4.69) is 20.9 Å². The molecule has 5 nitrogen and oxygen atoms in total. The van der Waals surface area contributed by atoms with Gasteiger partial charge < -0.3 is 16.0 Å². The molecule has 1 amide bonds. The summed E-state index contributed by atoms with van der Waals surface area (Å²) >= 11 is 0. The van der Waals surface area contributed by atoms with Gasteiger partial charge in [-0.05, 0) is 24.3 Å². The summed E-state index contributed by atoms with van der Waals surface area (Å²) in [6.07, 6.45) is 3.06. The largest absolute Gasteiger partial charge is 0.356 e. The second kappa shape index (κ2) is 10.4. The van der Waals surface area contributed by atoms with Crippen LogP contribution in [0.1, 0.15) is 24.8 Å². The number of rotatable bonds is 7. The van der Waals surface area contributed by atoms with Gasteiger partial charge in [-0.25, -0.2) is 0 Å². The highest BCUT2D eigenvalue weighted by Gasteiger charge is 2.20. The molecule has 1 saturated carbocycles. The van der Waals surface area contributed by atoms with Gasteiger partial charge in [-0.2, -0.15) is 0 Å². The van der Waals surface area contributed by atoms with Crippen LogP contribution in [0.25, 0.3) is 0 Å². The Kier molecular flexibility index (Phi) is 8.88. The Hall–Kier alpha value is -1.31. The zero-order valence-corrected chi connectivity index (χ0v) is 15.3. The van der Waals surface area contributed by atoms with Gasteiger partial charge in [-0.15, -0.1) is 24.0 Å². The molecule has 1 aliphatic carbocycles. The van der Waals surface area contributed by atoms with Crippen LogP contribution < -0.4 is 16.0 Å². The molecule has 6 heteroatoms. The van der Waals surface area contributed by atoms with Crippen LogP contribution in [0.3, 0.4) is 0 Å². The van der Waals surface area contributed by atoms with E-state index < -0.39 is 0 Å². The standard InChI is InChI=1S/C16H24N4O.HI/c1-17-16(20-12-14-7-8-14)18-10-9-15(21)19-11-13-5-3-2-4-6-13;/h2-6,14H,7-12H2,1H3,(H,19,21)(H2,17,18,20);1H. The number of aliphatic imine (C=N–C) groups is 1. The van der Waals surface area contributed by atoms with Gasteiger partial charge in [0.05, 0.1) is 0 Å². The smallest absolute Gasteiger partial charge is 0.222 e. The van der Waals surface area contributed by atoms with Gasteiger partial charge in [-0.1, -0.05) is 30.3 Å². The summed E-state index contributed by atoms with van der Waals surface area (Å²) in [7, 11) is 1.75. The Morgan fingerprint density at radius 2 is 1.91 bits per heavy atom. The molecule has 22 heavy (non-hydrogen) atoms. The first-order chi connectivity index (χ1) is 10.3. The lowest BCUT2D eigenvalue weighted by Crippen LogP contribution is -2.40. The summed E-state index contributed by atoms with van der Waals surface area (Å²) in [6.45, 7) is 2.14. The highest BCUT2D eigenvalue weighted by atomic mass is 127. The molecule has 0 radical (unpaired) electrons. The third-order valence-corrected chi connectivity index (χ3v) is 3.46. The number of carbonyl (C=O) groups excluding carboxylic acids is 1. The monoisotopic (exact) mass is 416 g/mol. The van der Waals surface area contributed by atoms with Crippen LogP contribution in [0, 0.1) is 5.92 Å². The molecule has 0 unspecified atom stereocenters. The summed E-state index contributed by atoms with van der Waals surface area (Å²) < 4.78 is 0. The fraction of sp³-hybridized carbons (Fsp3) is 0.500. The van der Waals surface area contributed by atoms with Crippen LogP contribution in [0.4, 0.5) is 0 Å². The van der Waals surface area contributed by atoms with E-state index in [1.807, 2.05) is 30.3 Å². The van der Waals surface area contributed by atoms with Gasteiger partial charge >= 0.3 is 0 Å². The summed E-state index contributed by atoms with van der Waals surface area (Å²) in [6, 6.07) is 9.91. The molecule has 1 aliphatic rings. The summed E-state index contributed by atoms with van der Waals surface area (Å²) in [4.78, 5) is 15.9. The molecule has 0 aromatic heterocycles. The molecule has 0 saturated heterocycles. The number of hydrogen-bond donors (Lipinski definition) is 3. The van der Waals surface area contributed by atoms with Crippen molar-refractivity contribution in [2.75, 3.05) is 20.1 Å². The molecule has 0 heterocycles. The molecule has 1 aromatic rings. The maximum absolute atomic E-state index is 11.8. The number of guanidine groups is 1. The van der Waals surface area contributed by atoms with Gasteiger partial charge in [-0.3, -0.25) is 9.79 Å². The average molecular weight is 416 g/mol. The number of benzene rings is 1. The Balaban J connectivity index is 0.00000242. The fourth-order valence-electron chi connectivity index (χ4n) is 1.96. The van der Waals surface area contributed by atoms with Crippen LogP contribution in [0.15, 0.2) is 35.3 Å². The normalized spacial score (nSPS) is 14.0. The van der Waals surface area contributed by atoms with Crippen LogP contribution in [0.5, 0.6) is 0 Å². The molecule has 1 aromatic carbocycles. The lowest BCUT2D eigenvalue weighted by atomic mass is 10.2. The lowest BCUT2D eigenvalue weighted by Gasteiger charge is -2.11. The van der Waals surface area contributed by atoms with Crippen molar-refractivity contribution in [1.29, 1.82) is 0 Å². The second-order valence-electron chi connectivity index (χ2n) is 5.34. The third kappa shape index (κ3) is 7.63. The minimum absolute atomic E-state index is 0. The number of carbonyl (C=O) groups is 1. The van der Waals surface area contributed by atoms with Crippen LogP contribution in [-0.2, 0) is 11.3 Å². The van der Waals surface area contributed by atoms with E-state index in [1.54, 1.807) is 7.05 Å². The van der Waals surface area contributed by atoms with Crippen molar-refractivity contribution in [3.63, 3.8) is 0 Å². The van der Waals surface area contributed by atoms with E-state index in [0.29, 0.717) is 19.5 Å². The van der Waals surface area contributed by atoms with E-state index in [4.69, 9.17) is 0 Å². The molecule has 0 aliphatic heterocycles. The molecule has 0 spiro atoms. The molecule has 0 atom stereocenters. The highest BCUT2D eigenvalue weighted by Crippen LogP contribution is 2.27. The number of nitrogens with zero attached hydrogens (tertiary/aromatic N) is 1. The summed E-state index contributed by atoms with van der Waals surface area (Å²) in [5, 5.41) is 9.34. The van der Waals surface area contributed by atoms with Crippen molar-refractivity contribution in [3.8, 4) is 0 Å². The SMILES string of the molecule is CN=C(NCCC(=O)NCc1ccccc1)NCC1CC1.I. The van der Waals surface area contributed by atoms with Crippen molar-refractivity contribution in [3.05, 3.63) is 35.9 Å². The van der Waals surface area contributed by atoms with Gasteiger partial charge in [0.15, 0.2) is 5.96 Å². The molecule has 122 valence electrons. The minimum Gasteiger partial charge on any atom is -0.356 e. The van der Waals surface area contributed by atoms with Crippen molar-refractivity contribution in [2.45, 2.75) is 25.8 Å². The predicted octanol–water partition coefficient (Wildman–Crippen LogP) is 1.89. The highest BCUT2D eigenvalue weighted by molar-refractivity contribution is 14.0. The molecule has 1 fully saturated rings. The molecule has 2 rings (SSSR count). The molecule has 3 N–H and O–H groups in total. The molecular weight excluding hydrogens is 391 g/mol. The average Bonchev–Trinajstić information content (AvgIpc) is 3.34. The quantitative estimate of drug-likeness (QED) is 0.362. The summed E-state index contributed by atoms with van der Waals surface area (Å²) in [5.41, 5.74) is 1.11. The van der Waals surface area contributed by atoms with Crippen molar-refractivity contribution in [2.24, 2.45) is 10.9 Å². The Morgan fingerprint density at radius 3 is 2.55 bits per heavy atom. The summed E-state index contributed by atoms with van der Waals surface area (Å²) in [5.74, 6) is 1.62. The zero-order chi connectivity index (χ0) is 14.9. The van der Waals surface area contributed by atoms with Crippen LogP contribution in [0.2, 0.25) is 0 Å². The first-order valence-corrected chi connectivity index (χ1v) is 7.53. The van der Waals surface area contributed by atoms with Crippen LogP contribution >= 0.6 is 24.0 Å². The Labute approximate surface area is 149 Å². The van der Waals surface area contributed by atoms with Gasteiger partial charge in [0.25, 0.3) is 0 Å². The minimum atomic E-state index is 0. The van der Waals surface area contributed by atoms with Crippen molar-refractivity contribution in [1.82, 2.24) is 16.0 Å². The number of nitrogens with one attached hydrogen (secondary N) is 3. The van der Waals surface area contributed by atoms with E-state index in [0.717, 1.165) is 24.0 Å². The maximum atomic E-state index is 11.8. The first kappa shape index (κ1) is 18.7. The predicted molar refractivity (Wildman–Crippen MR) is 100 cm³/mol. The lowest BCUT2D eigenvalue weighted by molar-refractivity contribution is -0.121. The third-order valence-electron chi connectivity index (χ3n) is 3.46. The number of hydrogen-bond acceptors (Lipinski definition) is 2. The van der Waals surface area contributed by atoms with Crippen molar-refractivity contribution >= 4 is 35.8 Å². The number of halogens is 1. The molecular formula is C16H25IN4O. The Bertz CT molecular complexity index is 474. The number of amides is 1. The topological polar surface area (TPSA) is 65.5 Å². The first-order valence-electron chi connectivity index (χ1n) is 7.53. The van der Waals surface area contributed by atoms with Gasteiger partial charge in [0, 0.05) is 33.1 Å². The van der Waals surface area contributed by atoms with E-state index in [9.17, 15) is 4.79 Å². The Morgan fingerprint density at radius 1 is 1.18 bits per heavy atom. The van der Waals surface area contributed by atoms with Crippen LogP contribution in [-0.4, -0.2) is 32.0 Å². The van der Waals surface area contributed by atoms with E-state index in [1.165, 1.54) is 12.8 Å². The van der Waals surface area contributed by atoms with Gasteiger partial charge in [0.2, 0.25) is 5.91 Å². The van der Waals surface area contributed by atoms with E-state index in [-0.39, 0.29) is 29.9 Å². The zero-order valence-electron chi connectivity index (χ0n) is 13.0. The fourth-order valence-corrected chi connectivity index (χ4v) is 1.96. The van der Waals surface area contributed by atoms with Gasteiger partial charge in [0.1, 0.15) is 0 Å². The van der Waals surface area contributed by atoms with E-state index >= 15 is 0 Å². The second-order valence-corrected chi connectivity index (χ2v) is 5.34.